The minimum Gasteiger partial charge on any atom is -0.348 e. The molecule has 2 aromatic heterocycles. The molecule has 1 aliphatic carbocycles. The monoisotopic (exact) mass is 248 g/mol. The minimum atomic E-state index is 0.731. The summed E-state index contributed by atoms with van der Waals surface area (Å²) < 4.78 is 0. The maximum absolute atomic E-state index is 4.38. The molecule has 2 aromatic rings. The van der Waals surface area contributed by atoms with Crippen molar-refractivity contribution in [3.8, 4) is 0 Å². The Morgan fingerprint density at radius 3 is 2.88 bits per heavy atom. The number of aromatic amines is 1. The highest BCUT2D eigenvalue weighted by molar-refractivity contribution is 7.09. The summed E-state index contributed by atoms with van der Waals surface area (Å²) in [5.74, 6) is 0. The van der Waals surface area contributed by atoms with E-state index in [2.05, 4.69) is 26.8 Å². The Kier molecular flexibility index (Phi) is 2.94. The first kappa shape index (κ1) is 10.9. The number of H-pyrrole nitrogens is 1. The number of aryl methyl sites for hydroxylation is 1. The number of thiazole rings is 1. The van der Waals surface area contributed by atoms with Crippen LogP contribution in [0.2, 0.25) is 0 Å². The molecule has 0 amide bonds. The number of nitrogens with zero attached hydrogens (tertiary/aromatic N) is 3. The molecule has 1 fully saturated rings. The van der Waals surface area contributed by atoms with Gasteiger partial charge in [0.15, 0.2) is 0 Å². The Bertz CT molecular complexity index is 472. The van der Waals surface area contributed by atoms with Crippen LogP contribution in [0.15, 0.2) is 17.9 Å². The van der Waals surface area contributed by atoms with Crippen LogP contribution in [-0.2, 0) is 13.1 Å². The van der Waals surface area contributed by atoms with Crippen LogP contribution in [0.1, 0.15) is 29.2 Å². The smallest absolute Gasteiger partial charge is 0.107 e. The van der Waals surface area contributed by atoms with Gasteiger partial charge >= 0.3 is 0 Å². The van der Waals surface area contributed by atoms with Gasteiger partial charge in [0, 0.05) is 29.9 Å². The molecule has 17 heavy (non-hydrogen) atoms. The zero-order valence-electron chi connectivity index (χ0n) is 9.89. The lowest BCUT2D eigenvalue weighted by molar-refractivity contribution is 0.242. The van der Waals surface area contributed by atoms with Crippen molar-refractivity contribution in [1.29, 1.82) is 0 Å². The zero-order chi connectivity index (χ0) is 11.7. The van der Waals surface area contributed by atoms with Gasteiger partial charge < -0.3 is 4.98 Å². The number of hydrogen-bond donors (Lipinski definition) is 1. The Hall–Kier alpha value is -1.20. The highest BCUT2D eigenvalue weighted by atomic mass is 32.1. The number of hydrogen-bond acceptors (Lipinski definition) is 4. The molecule has 3 rings (SSSR count). The summed E-state index contributed by atoms with van der Waals surface area (Å²) in [7, 11) is 0. The first-order valence-corrected chi connectivity index (χ1v) is 6.82. The molecule has 2 heterocycles. The SMILES string of the molecule is Cc1[nH]cnc1CN(Cc1nccs1)C1CC1. The molecule has 0 spiro atoms. The Morgan fingerprint density at radius 1 is 1.41 bits per heavy atom. The zero-order valence-corrected chi connectivity index (χ0v) is 10.7. The van der Waals surface area contributed by atoms with Crippen molar-refractivity contribution in [3.05, 3.63) is 34.3 Å². The molecule has 0 aromatic carbocycles. The Morgan fingerprint density at radius 2 is 2.29 bits per heavy atom. The molecule has 0 aliphatic heterocycles. The summed E-state index contributed by atoms with van der Waals surface area (Å²) >= 11 is 1.73. The van der Waals surface area contributed by atoms with Crippen LogP contribution in [0.3, 0.4) is 0 Å². The first-order valence-electron chi connectivity index (χ1n) is 5.94. The predicted molar refractivity (Wildman–Crippen MR) is 67.7 cm³/mol. The van der Waals surface area contributed by atoms with Crippen LogP contribution in [0.4, 0.5) is 0 Å². The van der Waals surface area contributed by atoms with E-state index >= 15 is 0 Å². The van der Waals surface area contributed by atoms with Gasteiger partial charge in [-0.25, -0.2) is 9.97 Å². The molecule has 90 valence electrons. The second-order valence-electron chi connectivity index (χ2n) is 4.54. The van der Waals surface area contributed by atoms with E-state index in [0.717, 1.165) is 24.8 Å². The van der Waals surface area contributed by atoms with Gasteiger partial charge in [0.1, 0.15) is 5.01 Å². The van der Waals surface area contributed by atoms with E-state index in [1.54, 1.807) is 17.7 Å². The van der Waals surface area contributed by atoms with Gasteiger partial charge in [-0.2, -0.15) is 0 Å². The molecule has 1 saturated carbocycles. The number of imidazole rings is 1. The number of aromatic nitrogens is 3. The first-order chi connectivity index (χ1) is 8.33. The lowest BCUT2D eigenvalue weighted by atomic mass is 10.3. The van der Waals surface area contributed by atoms with Crippen molar-refractivity contribution in [3.63, 3.8) is 0 Å². The maximum atomic E-state index is 4.38. The van der Waals surface area contributed by atoms with E-state index in [1.807, 2.05) is 11.6 Å². The van der Waals surface area contributed by atoms with E-state index in [4.69, 9.17) is 0 Å². The molecule has 1 N–H and O–H groups in total. The summed E-state index contributed by atoms with van der Waals surface area (Å²) in [6, 6.07) is 0.731. The summed E-state index contributed by atoms with van der Waals surface area (Å²) in [6.45, 7) is 3.96. The second-order valence-corrected chi connectivity index (χ2v) is 5.52. The van der Waals surface area contributed by atoms with E-state index in [0.29, 0.717) is 0 Å². The van der Waals surface area contributed by atoms with E-state index in [-0.39, 0.29) is 0 Å². The highest BCUT2D eigenvalue weighted by Gasteiger charge is 2.30. The van der Waals surface area contributed by atoms with Crippen molar-refractivity contribution in [1.82, 2.24) is 19.9 Å². The van der Waals surface area contributed by atoms with Crippen LogP contribution in [0.5, 0.6) is 0 Å². The van der Waals surface area contributed by atoms with Crippen molar-refractivity contribution < 1.29 is 0 Å². The van der Waals surface area contributed by atoms with Crippen LogP contribution < -0.4 is 0 Å². The van der Waals surface area contributed by atoms with Crippen molar-refractivity contribution >= 4 is 11.3 Å². The molecule has 5 heteroatoms. The van der Waals surface area contributed by atoms with E-state index < -0.39 is 0 Å². The molecule has 0 saturated heterocycles. The fourth-order valence-electron chi connectivity index (χ4n) is 2.00. The van der Waals surface area contributed by atoms with Crippen molar-refractivity contribution in [2.24, 2.45) is 0 Å². The number of rotatable bonds is 5. The summed E-state index contributed by atoms with van der Waals surface area (Å²) in [4.78, 5) is 14.4. The molecular formula is C12H16N4S. The van der Waals surface area contributed by atoms with Gasteiger partial charge in [-0.3, -0.25) is 4.90 Å². The molecule has 1 aliphatic rings. The molecule has 0 atom stereocenters. The van der Waals surface area contributed by atoms with Gasteiger partial charge in [0.25, 0.3) is 0 Å². The lowest BCUT2D eigenvalue weighted by Crippen LogP contribution is -2.25. The third-order valence-corrected chi connectivity index (χ3v) is 3.94. The average Bonchev–Trinajstić information content (AvgIpc) is 2.91. The summed E-state index contributed by atoms with van der Waals surface area (Å²) in [5.41, 5.74) is 2.34. The normalized spacial score (nSPS) is 15.6. The predicted octanol–water partition coefficient (Wildman–Crippen LogP) is 2.34. The largest absolute Gasteiger partial charge is 0.348 e. The number of nitrogens with one attached hydrogen (secondary N) is 1. The van der Waals surface area contributed by atoms with E-state index in [9.17, 15) is 0 Å². The van der Waals surface area contributed by atoms with Gasteiger partial charge in [-0.1, -0.05) is 0 Å². The lowest BCUT2D eigenvalue weighted by Gasteiger charge is -2.19. The minimum absolute atomic E-state index is 0.731. The van der Waals surface area contributed by atoms with Crippen molar-refractivity contribution in [2.45, 2.75) is 38.9 Å². The van der Waals surface area contributed by atoms with Crippen LogP contribution in [-0.4, -0.2) is 25.9 Å². The quantitative estimate of drug-likeness (QED) is 0.883. The third-order valence-electron chi connectivity index (χ3n) is 3.17. The standard InChI is InChI=1S/C12H16N4S/c1-9-11(15-8-14-9)6-16(10-2-3-10)7-12-13-4-5-17-12/h4-5,8,10H,2-3,6-7H2,1H3,(H,14,15). The van der Waals surface area contributed by atoms with Gasteiger partial charge in [0.2, 0.25) is 0 Å². The molecular weight excluding hydrogens is 232 g/mol. The average molecular weight is 248 g/mol. The van der Waals surface area contributed by atoms with Gasteiger partial charge in [-0.15, -0.1) is 11.3 Å². The molecule has 0 unspecified atom stereocenters. The summed E-state index contributed by atoms with van der Waals surface area (Å²) in [6.07, 6.45) is 6.29. The van der Waals surface area contributed by atoms with Crippen molar-refractivity contribution in [2.75, 3.05) is 0 Å². The van der Waals surface area contributed by atoms with Gasteiger partial charge in [-0.05, 0) is 19.8 Å². The molecule has 4 nitrogen and oxygen atoms in total. The molecule has 0 bridgehead atoms. The molecule has 0 radical (unpaired) electrons. The van der Waals surface area contributed by atoms with Crippen LogP contribution >= 0.6 is 11.3 Å². The second kappa shape index (κ2) is 4.58. The van der Waals surface area contributed by atoms with Gasteiger partial charge in [0.05, 0.1) is 18.6 Å². The third kappa shape index (κ3) is 2.56. The highest BCUT2D eigenvalue weighted by Crippen LogP contribution is 2.30. The van der Waals surface area contributed by atoms with E-state index in [1.165, 1.54) is 23.5 Å². The fourth-order valence-corrected chi connectivity index (χ4v) is 2.64. The fraction of sp³-hybridized carbons (Fsp3) is 0.500. The summed E-state index contributed by atoms with van der Waals surface area (Å²) in [5, 5.41) is 3.24. The Balaban J connectivity index is 1.70. The topological polar surface area (TPSA) is 44.8 Å². The van der Waals surface area contributed by atoms with Crippen LogP contribution in [0, 0.1) is 6.92 Å². The van der Waals surface area contributed by atoms with Crippen LogP contribution in [0.25, 0.3) is 0 Å². The maximum Gasteiger partial charge on any atom is 0.107 e. The Labute approximate surface area is 105 Å².